The first-order valence-electron chi connectivity index (χ1n) is 4.59. The smallest absolute Gasteiger partial charge is 0.176 e. The van der Waals surface area contributed by atoms with Gasteiger partial charge in [-0.25, -0.2) is 4.21 Å². The van der Waals surface area contributed by atoms with E-state index in [1.165, 1.54) is 6.34 Å². The molecule has 0 fully saturated rings. The number of rotatable bonds is 0. The molecule has 1 unspecified atom stereocenters. The third kappa shape index (κ3) is 2.20. The van der Waals surface area contributed by atoms with E-state index in [1.807, 2.05) is 39.0 Å². The molecule has 0 bridgehead atoms. The molecule has 1 aromatic rings. The van der Waals surface area contributed by atoms with Crippen LogP contribution in [-0.4, -0.2) is 10.5 Å². The molecule has 0 saturated heterocycles. The standard InChI is InChI=1S/C8H8N2OS.C2H6/c1-6-2-3-7-8(4-6)12(11)10-5-9-7;1-2/h2-5H,1H3,(H,9,10);1-2H3. The van der Waals surface area contributed by atoms with Crippen molar-refractivity contribution < 1.29 is 4.21 Å². The summed E-state index contributed by atoms with van der Waals surface area (Å²) in [6.45, 7) is 5.97. The maximum absolute atomic E-state index is 11.3. The molecular weight excluding hydrogens is 196 g/mol. The molecule has 2 rings (SSSR count). The molecule has 0 amide bonds. The number of nitrogens with zero attached hydrogens (tertiary/aromatic N) is 1. The largest absolute Gasteiger partial charge is 0.345 e. The molecule has 14 heavy (non-hydrogen) atoms. The van der Waals surface area contributed by atoms with Gasteiger partial charge in [0.05, 0.1) is 10.6 Å². The summed E-state index contributed by atoms with van der Waals surface area (Å²) >= 11 is 0. The predicted molar refractivity (Wildman–Crippen MR) is 61.1 cm³/mol. The van der Waals surface area contributed by atoms with Crippen molar-refractivity contribution in [2.75, 3.05) is 5.32 Å². The first-order valence-corrected chi connectivity index (χ1v) is 5.70. The van der Waals surface area contributed by atoms with E-state index >= 15 is 0 Å². The van der Waals surface area contributed by atoms with E-state index < -0.39 is 11.0 Å². The predicted octanol–water partition coefficient (Wildman–Crippen LogP) is 2.50. The number of benzene rings is 1. The summed E-state index contributed by atoms with van der Waals surface area (Å²) in [7, 11) is -1.22. The van der Waals surface area contributed by atoms with Crippen molar-refractivity contribution in [3.05, 3.63) is 23.8 Å². The molecule has 0 radical (unpaired) electrons. The van der Waals surface area contributed by atoms with E-state index in [-0.39, 0.29) is 0 Å². The Morgan fingerprint density at radius 1 is 1.36 bits per heavy atom. The van der Waals surface area contributed by atoms with Crippen LogP contribution in [0.2, 0.25) is 0 Å². The zero-order valence-corrected chi connectivity index (χ0v) is 9.39. The second kappa shape index (κ2) is 4.91. The Labute approximate surface area is 86.8 Å². The van der Waals surface area contributed by atoms with E-state index in [0.29, 0.717) is 0 Å². The third-order valence-electron chi connectivity index (χ3n) is 1.69. The molecule has 0 spiro atoms. The van der Waals surface area contributed by atoms with E-state index in [9.17, 15) is 4.21 Å². The van der Waals surface area contributed by atoms with Gasteiger partial charge in [-0.15, -0.1) is 0 Å². The topological polar surface area (TPSA) is 41.5 Å². The van der Waals surface area contributed by atoms with Crippen LogP contribution in [0.25, 0.3) is 0 Å². The second-order valence-corrected chi connectivity index (χ2v) is 3.78. The molecule has 1 atom stereocenters. The van der Waals surface area contributed by atoms with Crippen LogP contribution >= 0.6 is 0 Å². The van der Waals surface area contributed by atoms with E-state index in [2.05, 4.69) is 9.71 Å². The average molecular weight is 210 g/mol. The van der Waals surface area contributed by atoms with Gasteiger partial charge in [0, 0.05) is 0 Å². The Bertz CT molecular complexity index is 374. The van der Waals surface area contributed by atoms with Crippen LogP contribution in [0.4, 0.5) is 5.69 Å². The summed E-state index contributed by atoms with van der Waals surface area (Å²) < 4.78 is 15.1. The summed E-state index contributed by atoms with van der Waals surface area (Å²) in [5, 5.41) is 2.94. The van der Waals surface area contributed by atoms with Gasteiger partial charge in [-0.05, 0) is 24.6 Å². The zero-order chi connectivity index (χ0) is 10.6. The molecule has 3 nitrogen and oxygen atoms in total. The Kier molecular flexibility index (Phi) is 3.83. The molecule has 1 aromatic carbocycles. The second-order valence-electron chi connectivity index (χ2n) is 2.63. The highest BCUT2D eigenvalue weighted by atomic mass is 32.2. The molecule has 76 valence electrons. The summed E-state index contributed by atoms with van der Waals surface area (Å²) in [5.74, 6) is 0. The number of hydrogen-bond donors (Lipinski definition) is 1. The minimum absolute atomic E-state index is 0.762. The molecular formula is C10H14N2OS. The summed E-state index contributed by atoms with van der Waals surface area (Å²) in [5.41, 5.74) is 1.98. The normalized spacial score (nSPS) is 17.5. The van der Waals surface area contributed by atoms with Gasteiger partial charge in [0.1, 0.15) is 6.34 Å². The van der Waals surface area contributed by atoms with Gasteiger partial charge in [0.25, 0.3) is 0 Å². The van der Waals surface area contributed by atoms with Crippen LogP contribution in [-0.2, 0) is 11.0 Å². The van der Waals surface area contributed by atoms with Gasteiger partial charge >= 0.3 is 0 Å². The van der Waals surface area contributed by atoms with Gasteiger partial charge in [0.2, 0.25) is 0 Å². The lowest BCUT2D eigenvalue weighted by molar-refractivity contribution is 0.684. The summed E-state index contributed by atoms with van der Waals surface area (Å²) in [6.07, 6.45) is 1.47. The van der Waals surface area contributed by atoms with Crippen LogP contribution in [0.5, 0.6) is 0 Å². The number of anilines is 1. The summed E-state index contributed by atoms with van der Waals surface area (Å²) in [4.78, 5) is 0.762. The van der Waals surface area contributed by atoms with Gasteiger partial charge in [-0.3, -0.25) is 0 Å². The number of hydrogen-bond acceptors (Lipinski definition) is 2. The number of nitrogens with one attached hydrogen (secondary N) is 1. The molecule has 0 aliphatic carbocycles. The zero-order valence-electron chi connectivity index (χ0n) is 8.57. The van der Waals surface area contributed by atoms with Crippen molar-refractivity contribution in [2.24, 2.45) is 4.40 Å². The minimum atomic E-state index is -1.22. The number of fused-ring (bicyclic) bond motifs is 1. The van der Waals surface area contributed by atoms with Crippen LogP contribution < -0.4 is 5.32 Å². The van der Waals surface area contributed by atoms with E-state index in [4.69, 9.17) is 0 Å². The fourth-order valence-electron chi connectivity index (χ4n) is 1.09. The van der Waals surface area contributed by atoms with Crippen molar-refractivity contribution in [3.63, 3.8) is 0 Å². The fraction of sp³-hybridized carbons (Fsp3) is 0.300. The molecule has 1 aliphatic rings. The van der Waals surface area contributed by atoms with Gasteiger partial charge in [0.15, 0.2) is 11.0 Å². The number of aryl methyl sites for hydroxylation is 1. The van der Waals surface area contributed by atoms with Gasteiger partial charge in [-0.1, -0.05) is 19.9 Å². The maximum atomic E-state index is 11.3. The molecule has 4 heteroatoms. The van der Waals surface area contributed by atoms with Crippen molar-refractivity contribution in [2.45, 2.75) is 25.7 Å². The van der Waals surface area contributed by atoms with Crippen molar-refractivity contribution >= 4 is 23.0 Å². The Balaban J connectivity index is 0.000000461. The van der Waals surface area contributed by atoms with E-state index in [1.54, 1.807) is 0 Å². The fourth-order valence-corrected chi connectivity index (χ4v) is 1.96. The van der Waals surface area contributed by atoms with Crippen LogP contribution in [0, 0.1) is 6.92 Å². The van der Waals surface area contributed by atoms with Crippen molar-refractivity contribution in [1.29, 1.82) is 0 Å². The molecule has 1 heterocycles. The minimum Gasteiger partial charge on any atom is -0.345 e. The highest BCUT2D eigenvalue weighted by molar-refractivity contribution is 7.84. The molecule has 0 aromatic heterocycles. The maximum Gasteiger partial charge on any atom is 0.176 e. The lowest BCUT2D eigenvalue weighted by atomic mass is 10.2. The lowest BCUT2D eigenvalue weighted by Crippen LogP contribution is -2.06. The Morgan fingerprint density at radius 2 is 2.07 bits per heavy atom. The van der Waals surface area contributed by atoms with Gasteiger partial charge < -0.3 is 5.32 Å². The SMILES string of the molecule is CC.Cc1ccc2c(c1)S(=O)N=CN2. The first-order chi connectivity index (χ1) is 6.77. The van der Waals surface area contributed by atoms with Crippen LogP contribution in [0.3, 0.4) is 0 Å². The van der Waals surface area contributed by atoms with Crippen LogP contribution in [0.1, 0.15) is 19.4 Å². The highest BCUT2D eigenvalue weighted by Crippen LogP contribution is 2.23. The lowest BCUT2D eigenvalue weighted by Gasteiger charge is -2.10. The third-order valence-corrected chi connectivity index (χ3v) is 2.70. The monoisotopic (exact) mass is 210 g/mol. The van der Waals surface area contributed by atoms with Crippen molar-refractivity contribution in [3.8, 4) is 0 Å². The molecule has 1 N–H and O–H groups in total. The summed E-state index contributed by atoms with van der Waals surface area (Å²) in [6, 6.07) is 5.77. The van der Waals surface area contributed by atoms with Crippen LogP contribution in [0.15, 0.2) is 27.5 Å². The molecule has 0 saturated carbocycles. The van der Waals surface area contributed by atoms with E-state index in [0.717, 1.165) is 16.1 Å². The highest BCUT2D eigenvalue weighted by Gasteiger charge is 2.11. The quantitative estimate of drug-likeness (QED) is 0.714. The first kappa shape index (κ1) is 10.9. The van der Waals surface area contributed by atoms with Gasteiger partial charge in [-0.2, -0.15) is 4.40 Å². The Hall–Kier alpha value is -1.16. The average Bonchev–Trinajstić information content (AvgIpc) is 2.22. The molecule has 1 aliphatic heterocycles. The van der Waals surface area contributed by atoms with Crippen molar-refractivity contribution in [1.82, 2.24) is 0 Å². The Morgan fingerprint density at radius 3 is 2.79 bits per heavy atom.